The van der Waals surface area contributed by atoms with Crippen LogP contribution in [0.3, 0.4) is 0 Å². The minimum Gasteiger partial charge on any atom is -0.340 e. The second-order valence-corrected chi connectivity index (χ2v) is 5.85. The number of amides is 1. The molecule has 0 aromatic carbocycles. The van der Waals surface area contributed by atoms with Crippen molar-refractivity contribution in [2.24, 2.45) is 5.92 Å². The van der Waals surface area contributed by atoms with E-state index in [2.05, 4.69) is 24.1 Å². The van der Waals surface area contributed by atoms with E-state index in [0.717, 1.165) is 25.3 Å². The lowest BCUT2D eigenvalue weighted by Gasteiger charge is -2.33. The van der Waals surface area contributed by atoms with E-state index < -0.39 is 0 Å². The summed E-state index contributed by atoms with van der Waals surface area (Å²) in [6.45, 7) is 7.18. The SMILES string of the molecule is CC(C)N(CC1CCCNC1)C(=O)Cc1ccccn1. The van der Waals surface area contributed by atoms with Gasteiger partial charge in [0.1, 0.15) is 0 Å². The Bertz CT molecular complexity index is 413. The largest absolute Gasteiger partial charge is 0.340 e. The summed E-state index contributed by atoms with van der Waals surface area (Å²) in [6.07, 6.45) is 4.57. The summed E-state index contributed by atoms with van der Waals surface area (Å²) < 4.78 is 0. The van der Waals surface area contributed by atoms with E-state index in [-0.39, 0.29) is 11.9 Å². The topological polar surface area (TPSA) is 45.2 Å². The summed E-state index contributed by atoms with van der Waals surface area (Å²) in [7, 11) is 0. The second-order valence-electron chi connectivity index (χ2n) is 5.85. The fraction of sp³-hybridized carbons (Fsp3) is 0.625. The molecular formula is C16H25N3O. The van der Waals surface area contributed by atoms with Crippen molar-refractivity contribution in [2.75, 3.05) is 19.6 Å². The molecule has 1 aliphatic heterocycles. The maximum atomic E-state index is 12.5. The highest BCUT2D eigenvalue weighted by Gasteiger charge is 2.23. The van der Waals surface area contributed by atoms with Crippen molar-refractivity contribution in [3.8, 4) is 0 Å². The molecule has 2 heterocycles. The number of piperidine rings is 1. The molecule has 1 N–H and O–H groups in total. The quantitative estimate of drug-likeness (QED) is 0.892. The molecule has 0 radical (unpaired) electrons. The first-order valence-electron chi connectivity index (χ1n) is 7.57. The molecule has 1 saturated heterocycles. The number of pyridine rings is 1. The van der Waals surface area contributed by atoms with Crippen molar-refractivity contribution in [1.29, 1.82) is 0 Å². The van der Waals surface area contributed by atoms with Crippen LogP contribution in [0, 0.1) is 5.92 Å². The molecular weight excluding hydrogens is 250 g/mol. The average molecular weight is 275 g/mol. The summed E-state index contributed by atoms with van der Waals surface area (Å²) in [5, 5.41) is 3.42. The zero-order valence-electron chi connectivity index (χ0n) is 12.5. The van der Waals surface area contributed by atoms with Gasteiger partial charge in [-0.1, -0.05) is 6.07 Å². The number of hydrogen-bond donors (Lipinski definition) is 1. The molecule has 0 saturated carbocycles. The number of hydrogen-bond acceptors (Lipinski definition) is 3. The third-order valence-electron chi connectivity index (χ3n) is 3.86. The molecule has 110 valence electrons. The molecule has 4 nitrogen and oxygen atoms in total. The van der Waals surface area contributed by atoms with E-state index >= 15 is 0 Å². The first kappa shape index (κ1) is 15.0. The molecule has 1 unspecified atom stereocenters. The molecule has 0 spiro atoms. The van der Waals surface area contributed by atoms with Gasteiger partial charge in [0.25, 0.3) is 0 Å². The van der Waals surface area contributed by atoms with Crippen LogP contribution in [0.2, 0.25) is 0 Å². The van der Waals surface area contributed by atoms with E-state index in [9.17, 15) is 4.79 Å². The molecule has 2 rings (SSSR count). The Kier molecular flexibility index (Phi) is 5.53. The average Bonchev–Trinajstić information content (AvgIpc) is 2.46. The summed E-state index contributed by atoms with van der Waals surface area (Å²) >= 11 is 0. The Balaban J connectivity index is 1.95. The smallest absolute Gasteiger partial charge is 0.228 e. The van der Waals surface area contributed by atoms with Crippen molar-refractivity contribution in [3.63, 3.8) is 0 Å². The van der Waals surface area contributed by atoms with E-state index in [1.165, 1.54) is 12.8 Å². The maximum absolute atomic E-state index is 12.5. The van der Waals surface area contributed by atoms with Gasteiger partial charge in [-0.05, 0) is 57.8 Å². The molecule has 1 fully saturated rings. The second kappa shape index (κ2) is 7.39. The highest BCUT2D eigenvalue weighted by Crippen LogP contribution is 2.14. The van der Waals surface area contributed by atoms with Crippen LogP contribution in [0.25, 0.3) is 0 Å². The molecule has 1 aromatic rings. The zero-order valence-corrected chi connectivity index (χ0v) is 12.5. The van der Waals surface area contributed by atoms with Gasteiger partial charge in [-0.15, -0.1) is 0 Å². The maximum Gasteiger partial charge on any atom is 0.228 e. The molecule has 1 aliphatic rings. The van der Waals surface area contributed by atoms with Crippen molar-refractivity contribution in [2.45, 2.75) is 39.2 Å². The van der Waals surface area contributed by atoms with Gasteiger partial charge in [-0.2, -0.15) is 0 Å². The molecule has 1 aromatic heterocycles. The van der Waals surface area contributed by atoms with Crippen molar-refractivity contribution in [1.82, 2.24) is 15.2 Å². The van der Waals surface area contributed by atoms with Gasteiger partial charge in [0, 0.05) is 24.5 Å². The van der Waals surface area contributed by atoms with Crippen LogP contribution in [0.1, 0.15) is 32.4 Å². The number of rotatable bonds is 5. The van der Waals surface area contributed by atoms with Crippen LogP contribution < -0.4 is 5.32 Å². The molecule has 20 heavy (non-hydrogen) atoms. The van der Waals surface area contributed by atoms with Crippen LogP contribution in [-0.4, -0.2) is 41.5 Å². The monoisotopic (exact) mass is 275 g/mol. The van der Waals surface area contributed by atoms with Crippen molar-refractivity contribution >= 4 is 5.91 Å². The minimum absolute atomic E-state index is 0.185. The normalized spacial score (nSPS) is 19.1. The van der Waals surface area contributed by atoms with Gasteiger partial charge >= 0.3 is 0 Å². The third kappa shape index (κ3) is 4.30. The van der Waals surface area contributed by atoms with Crippen LogP contribution in [0.5, 0.6) is 0 Å². The fourth-order valence-corrected chi connectivity index (χ4v) is 2.72. The van der Waals surface area contributed by atoms with Crippen LogP contribution in [-0.2, 0) is 11.2 Å². The van der Waals surface area contributed by atoms with Gasteiger partial charge in [0.15, 0.2) is 0 Å². The first-order valence-corrected chi connectivity index (χ1v) is 7.57. The molecule has 4 heteroatoms. The summed E-state index contributed by atoms with van der Waals surface area (Å²) in [6, 6.07) is 5.97. The Hall–Kier alpha value is -1.42. The Morgan fingerprint density at radius 2 is 2.35 bits per heavy atom. The molecule has 1 atom stereocenters. The van der Waals surface area contributed by atoms with Crippen LogP contribution >= 0.6 is 0 Å². The third-order valence-corrected chi connectivity index (χ3v) is 3.86. The van der Waals surface area contributed by atoms with Crippen LogP contribution in [0.4, 0.5) is 0 Å². The standard InChI is InChI=1S/C16H25N3O/c1-13(2)19(12-14-6-5-8-17-11-14)16(20)10-15-7-3-4-9-18-15/h3-4,7,9,13-14,17H,5-6,8,10-12H2,1-2H3. The van der Waals surface area contributed by atoms with Gasteiger partial charge < -0.3 is 10.2 Å². The lowest BCUT2D eigenvalue weighted by atomic mass is 9.98. The van der Waals surface area contributed by atoms with Crippen molar-refractivity contribution < 1.29 is 4.79 Å². The zero-order chi connectivity index (χ0) is 14.4. The Morgan fingerprint density at radius 1 is 1.50 bits per heavy atom. The van der Waals surface area contributed by atoms with Crippen molar-refractivity contribution in [3.05, 3.63) is 30.1 Å². The van der Waals surface area contributed by atoms with Gasteiger partial charge in [-0.3, -0.25) is 9.78 Å². The van der Waals surface area contributed by atoms with E-state index in [4.69, 9.17) is 0 Å². The van der Waals surface area contributed by atoms with E-state index in [1.54, 1.807) is 6.20 Å². The highest BCUT2D eigenvalue weighted by molar-refractivity contribution is 5.78. The lowest BCUT2D eigenvalue weighted by molar-refractivity contribution is -0.133. The molecule has 0 bridgehead atoms. The number of carbonyl (C=O) groups is 1. The predicted molar refractivity (Wildman–Crippen MR) is 80.4 cm³/mol. The van der Waals surface area contributed by atoms with Gasteiger partial charge in [0.05, 0.1) is 6.42 Å². The minimum atomic E-state index is 0.185. The summed E-state index contributed by atoms with van der Waals surface area (Å²) in [4.78, 5) is 18.7. The highest BCUT2D eigenvalue weighted by atomic mass is 16.2. The van der Waals surface area contributed by atoms with Gasteiger partial charge in [-0.25, -0.2) is 0 Å². The Morgan fingerprint density at radius 3 is 2.95 bits per heavy atom. The number of nitrogens with zero attached hydrogens (tertiary/aromatic N) is 2. The van der Waals surface area contributed by atoms with Gasteiger partial charge in [0.2, 0.25) is 5.91 Å². The summed E-state index contributed by atoms with van der Waals surface area (Å²) in [5.74, 6) is 0.767. The predicted octanol–water partition coefficient (Wildman–Crippen LogP) is 1.86. The van der Waals surface area contributed by atoms with E-state index in [0.29, 0.717) is 12.3 Å². The first-order chi connectivity index (χ1) is 9.66. The van der Waals surface area contributed by atoms with Crippen LogP contribution in [0.15, 0.2) is 24.4 Å². The summed E-state index contributed by atoms with van der Waals surface area (Å²) in [5.41, 5.74) is 0.852. The number of aromatic nitrogens is 1. The fourth-order valence-electron chi connectivity index (χ4n) is 2.72. The lowest BCUT2D eigenvalue weighted by Crippen LogP contribution is -2.44. The van der Waals surface area contributed by atoms with E-state index in [1.807, 2.05) is 23.1 Å². The Labute approximate surface area is 121 Å². The molecule has 0 aliphatic carbocycles. The molecule has 1 amide bonds. The number of carbonyl (C=O) groups excluding carboxylic acids is 1. The number of nitrogens with one attached hydrogen (secondary N) is 1.